The molecule has 0 saturated carbocycles. The molecule has 160 valence electrons. The number of ether oxygens (including phenoxy) is 2. The van der Waals surface area contributed by atoms with E-state index in [2.05, 4.69) is 10.3 Å². The number of aromatic carboxylic acids is 1. The number of thioether (sulfide) groups is 1. The number of methoxy groups -OCH3 is 1. The smallest absolute Gasteiger partial charge is 0.341 e. The molecule has 0 atom stereocenters. The Kier molecular flexibility index (Phi) is 6.83. The number of amides is 1. The van der Waals surface area contributed by atoms with E-state index in [1.165, 1.54) is 25.3 Å². The van der Waals surface area contributed by atoms with Gasteiger partial charge in [0.1, 0.15) is 0 Å². The van der Waals surface area contributed by atoms with Crippen LogP contribution in [0.4, 0.5) is 5.69 Å². The molecule has 0 unspecified atom stereocenters. The van der Waals surface area contributed by atoms with Gasteiger partial charge in [0.15, 0.2) is 23.3 Å². The number of halogens is 1. The Morgan fingerprint density at radius 3 is 2.65 bits per heavy atom. The van der Waals surface area contributed by atoms with Gasteiger partial charge in [-0.25, -0.2) is 14.6 Å². The average Bonchev–Trinajstić information content (AvgIpc) is 3.06. The first-order chi connectivity index (χ1) is 14.8. The number of nitrogens with zero attached hydrogens (tertiary/aromatic N) is 1. The van der Waals surface area contributed by atoms with E-state index in [1.54, 1.807) is 24.3 Å². The predicted octanol–water partition coefficient (Wildman–Crippen LogP) is 3.40. The van der Waals surface area contributed by atoms with Gasteiger partial charge in [-0.15, -0.1) is 0 Å². The van der Waals surface area contributed by atoms with Crippen LogP contribution in [0.1, 0.15) is 15.9 Å². The summed E-state index contributed by atoms with van der Waals surface area (Å²) in [6.45, 7) is -0.511. The second-order valence-corrected chi connectivity index (χ2v) is 7.48. The molecule has 1 aliphatic rings. The Bertz CT molecular complexity index is 1130. The standard InChI is InChI=1S/C20H15ClN2O7S/c1-29-15-6-10(2-5-14(15)30-9-17(24)25)7-16-18(26)23-20(31-16)22-11-3-4-13(21)12(8-11)19(27)28/h2-8H,9H2,1H3,(H,24,25)(H,27,28)(H,22,23,26)/b16-7-. The first-order valence-corrected chi connectivity index (χ1v) is 9.81. The second-order valence-electron chi connectivity index (χ2n) is 6.04. The number of aliphatic imine (C=N–C) groups is 1. The maximum absolute atomic E-state index is 12.3. The SMILES string of the molecule is COc1cc(/C=C2\SC(=Nc3ccc(Cl)c(C(=O)O)c3)NC2=O)ccc1OCC(=O)O. The predicted molar refractivity (Wildman–Crippen MR) is 115 cm³/mol. The Labute approximate surface area is 185 Å². The highest BCUT2D eigenvalue weighted by atomic mass is 35.5. The second kappa shape index (κ2) is 9.54. The van der Waals surface area contributed by atoms with Gasteiger partial charge in [-0.2, -0.15) is 0 Å². The third-order valence-corrected chi connectivity index (χ3v) is 5.14. The Hall–Kier alpha value is -3.50. The number of hydrogen-bond acceptors (Lipinski definition) is 7. The average molecular weight is 463 g/mol. The van der Waals surface area contributed by atoms with Gasteiger partial charge in [0, 0.05) is 0 Å². The lowest BCUT2D eigenvalue weighted by Gasteiger charge is -2.09. The number of aliphatic carboxylic acids is 1. The fraction of sp³-hybridized carbons (Fsp3) is 0.100. The molecule has 1 amide bonds. The molecule has 0 spiro atoms. The zero-order valence-electron chi connectivity index (χ0n) is 15.9. The van der Waals surface area contributed by atoms with Crippen LogP contribution in [0.2, 0.25) is 5.02 Å². The largest absolute Gasteiger partial charge is 0.493 e. The number of hydrogen-bond donors (Lipinski definition) is 3. The molecule has 1 saturated heterocycles. The fourth-order valence-electron chi connectivity index (χ4n) is 2.53. The number of amidine groups is 1. The highest BCUT2D eigenvalue weighted by molar-refractivity contribution is 8.18. The minimum atomic E-state index is -1.18. The topological polar surface area (TPSA) is 135 Å². The molecule has 2 aromatic rings. The van der Waals surface area contributed by atoms with Crippen molar-refractivity contribution in [2.75, 3.05) is 13.7 Å². The van der Waals surface area contributed by atoms with Crippen molar-refractivity contribution < 1.29 is 34.1 Å². The third kappa shape index (κ3) is 5.56. The summed E-state index contributed by atoms with van der Waals surface area (Å²) in [5, 5.41) is 20.9. The van der Waals surface area contributed by atoms with Crippen LogP contribution in [0.15, 0.2) is 46.3 Å². The number of rotatable bonds is 7. The van der Waals surface area contributed by atoms with Gasteiger partial charge < -0.3 is 25.0 Å². The van der Waals surface area contributed by atoms with Crippen molar-refractivity contribution in [1.82, 2.24) is 5.32 Å². The highest BCUT2D eigenvalue weighted by Gasteiger charge is 2.24. The summed E-state index contributed by atoms with van der Waals surface area (Å²) in [5.41, 5.74) is 0.858. The first kappa shape index (κ1) is 22.2. The molecule has 11 heteroatoms. The van der Waals surface area contributed by atoms with Crippen LogP contribution in [0.3, 0.4) is 0 Å². The quantitative estimate of drug-likeness (QED) is 0.533. The number of carbonyl (C=O) groups excluding carboxylic acids is 1. The van der Waals surface area contributed by atoms with Crippen LogP contribution in [0.25, 0.3) is 6.08 Å². The summed E-state index contributed by atoms with van der Waals surface area (Å²) in [7, 11) is 1.42. The molecule has 0 bridgehead atoms. The summed E-state index contributed by atoms with van der Waals surface area (Å²) >= 11 is 6.93. The van der Waals surface area contributed by atoms with Crippen molar-refractivity contribution in [3.8, 4) is 11.5 Å². The number of benzene rings is 2. The van der Waals surface area contributed by atoms with E-state index in [0.29, 0.717) is 21.9 Å². The molecular formula is C20H15ClN2O7S. The lowest BCUT2D eigenvalue weighted by atomic mass is 10.2. The third-order valence-electron chi connectivity index (χ3n) is 3.90. The summed E-state index contributed by atoms with van der Waals surface area (Å²) < 4.78 is 10.4. The molecule has 0 radical (unpaired) electrons. The summed E-state index contributed by atoms with van der Waals surface area (Å²) in [6.07, 6.45) is 1.61. The van der Waals surface area contributed by atoms with Crippen molar-refractivity contribution in [1.29, 1.82) is 0 Å². The summed E-state index contributed by atoms with van der Waals surface area (Å²) in [4.78, 5) is 38.8. The highest BCUT2D eigenvalue weighted by Crippen LogP contribution is 2.32. The first-order valence-electron chi connectivity index (χ1n) is 8.62. The molecule has 0 aliphatic carbocycles. The van der Waals surface area contributed by atoms with Gasteiger partial charge in [-0.3, -0.25) is 4.79 Å². The number of carboxylic acid groups (broad SMARTS) is 2. The normalized spacial score (nSPS) is 15.7. The van der Waals surface area contributed by atoms with Crippen molar-refractivity contribution in [3.05, 3.63) is 57.5 Å². The molecule has 2 aromatic carbocycles. The van der Waals surface area contributed by atoms with Crippen LogP contribution >= 0.6 is 23.4 Å². The Morgan fingerprint density at radius 1 is 1.19 bits per heavy atom. The van der Waals surface area contributed by atoms with Crippen molar-refractivity contribution >= 4 is 58.1 Å². The molecule has 9 nitrogen and oxygen atoms in total. The molecule has 1 heterocycles. The molecular weight excluding hydrogens is 448 g/mol. The molecule has 1 fully saturated rings. The van der Waals surface area contributed by atoms with Gasteiger partial charge in [-0.05, 0) is 53.7 Å². The van der Waals surface area contributed by atoms with E-state index in [9.17, 15) is 14.4 Å². The maximum Gasteiger partial charge on any atom is 0.341 e. The van der Waals surface area contributed by atoms with Crippen LogP contribution in [-0.2, 0) is 9.59 Å². The maximum atomic E-state index is 12.3. The van der Waals surface area contributed by atoms with Crippen LogP contribution < -0.4 is 14.8 Å². The van der Waals surface area contributed by atoms with Crippen LogP contribution in [-0.4, -0.2) is 46.9 Å². The van der Waals surface area contributed by atoms with Crippen LogP contribution in [0, 0.1) is 0 Å². The summed E-state index contributed by atoms with van der Waals surface area (Å²) in [5.74, 6) is -2.10. The van der Waals surface area contributed by atoms with E-state index < -0.39 is 18.5 Å². The lowest BCUT2D eigenvalue weighted by Crippen LogP contribution is -2.19. The van der Waals surface area contributed by atoms with E-state index in [1.807, 2.05) is 0 Å². The Balaban J connectivity index is 1.81. The van der Waals surface area contributed by atoms with E-state index >= 15 is 0 Å². The van der Waals surface area contributed by atoms with Crippen LogP contribution in [0.5, 0.6) is 11.5 Å². The zero-order chi connectivity index (χ0) is 22.5. The fourth-order valence-corrected chi connectivity index (χ4v) is 3.57. The van der Waals surface area contributed by atoms with Crippen molar-refractivity contribution in [2.24, 2.45) is 4.99 Å². The van der Waals surface area contributed by atoms with Gasteiger partial charge in [0.05, 0.1) is 28.3 Å². The molecule has 1 aliphatic heterocycles. The number of carbonyl (C=O) groups is 3. The molecule has 0 aromatic heterocycles. The monoisotopic (exact) mass is 462 g/mol. The summed E-state index contributed by atoms with van der Waals surface area (Å²) in [6, 6.07) is 9.06. The van der Waals surface area contributed by atoms with Crippen molar-refractivity contribution in [2.45, 2.75) is 0 Å². The lowest BCUT2D eigenvalue weighted by molar-refractivity contribution is -0.139. The van der Waals surface area contributed by atoms with E-state index in [-0.39, 0.29) is 27.4 Å². The minimum absolute atomic E-state index is 0.0878. The van der Waals surface area contributed by atoms with Gasteiger partial charge >= 0.3 is 11.9 Å². The Morgan fingerprint density at radius 2 is 1.97 bits per heavy atom. The molecule has 31 heavy (non-hydrogen) atoms. The zero-order valence-corrected chi connectivity index (χ0v) is 17.5. The number of nitrogens with one attached hydrogen (secondary N) is 1. The van der Waals surface area contributed by atoms with Gasteiger partial charge in [0.2, 0.25) is 0 Å². The molecule has 3 rings (SSSR count). The molecule has 3 N–H and O–H groups in total. The van der Waals surface area contributed by atoms with E-state index in [4.69, 9.17) is 31.3 Å². The van der Waals surface area contributed by atoms with Gasteiger partial charge in [-0.1, -0.05) is 17.7 Å². The minimum Gasteiger partial charge on any atom is -0.493 e. The van der Waals surface area contributed by atoms with Crippen molar-refractivity contribution in [3.63, 3.8) is 0 Å². The number of carboxylic acids is 2. The van der Waals surface area contributed by atoms with Gasteiger partial charge in [0.25, 0.3) is 5.91 Å². The van der Waals surface area contributed by atoms with E-state index in [0.717, 1.165) is 11.8 Å².